The van der Waals surface area contributed by atoms with Crippen LogP contribution in [0.1, 0.15) is 27.0 Å². The molecule has 0 saturated heterocycles. The fraction of sp³-hybridized carbons (Fsp3) is 0.0500. The smallest absolute Gasteiger partial charge is 0.872 e. The van der Waals surface area contributed by atoms with Crippen LogP contribution in [0.5, 0.6) is 23.0 Å². The van der Waals surface area contributed by atoms with Crippen LogP contribution in [-0.2, 0) is 10.3 Å². The van der Waals surface area contributed by atoms with Gasteiger partial charge in [0.05, 0.1) is 5.56 Å². The van der Waals surface area contributed by atoms with E-state index in [1.54, 1.807) is 18.2 Å². The van der Waals surface area contributed by atoms with Crippen molar-refractivity contribution in [3.8, 4) is 23.0 Å². The van der Waals surface area contributed by atoms with E-state index in [2.05, 4.69) is 31.9 Å². The molecule has 0 aliphatic carbocycles. The number of ether oxygens (including phenoxy) is 2. The molecule has 0 aromatic heterocycles. The molecule has 5 rings (SSSR count). The molecule has 134 valence electrons. The molecule has 0 radical (unpaired) electrons. The molecule has 0 atom stereocenters. The van der Waals surface area contributed by atoms with Gasteiger partial charge in [0.15, 0.2) is 5.60 Å². The van der Waals surface area contributed by atoms with Gasteiger partial charge >= 0.3 is 65.1 Å². The Bertz CT molecular complexity index is 1110. The Kier molecular flexibility index (Phi) is 6.55. The molecule has 9 heteroatoms. The minimum atomic E-state index is -1.29. The average molecular weight is 534 g/mol. The number of hydrogen-bond donors (Lipinski definition) is 0. The molecule has 2 aliphatic rings. The summed E-state index contributed by atoms with van der Waals surface area (Å²) in [7, 11) is 0. The summed E-state index contributed by atoms with van der Waals surface area (Å²) in [5, 5.41) is 23.7. The first-order valence-electron chi connectivity index (χ1n) is 7.94. The quantitative estimate of drug-likeness (QED) is 0.245. The summed E-state index contributed by atoms with van der Waals surface area (Å²) >= 11 is 6.86. The predicted molar refractivity (Wildman–Crippen MR) is 99.0 cm³/mol. The number of halogens is 2. The molecule has 0 fully saturated rings. The van der Waals surface area contributed by atoms with Gasteiger partial charge in [-0.15, -0.1) is 11.5 Å². The Labute approximate surface area is 227 Å². The molecular formula is C20H8Br2Na2O5. The van der Waals surface area contributed by atoms with Crippen LogP contribution in [-0.4, -0.2) is 5.97 Å². The van der Waals surface area contributed by atoms with Crippen molar-refractivity contribution in [2.45, 2.75) is 5.60 Å². The van der Waals surface area contributed by atoms with Gasteiger partial charge in [0.25, 0.3) is 0 Å². The maximum absolute atomic E-state index is 12.8. The van der Waals surface area contributed by atoms with Gasteiger partial charge in [-0.2, -0.15) is 0 Å². The van der Waals surface area contributed by atoms with Gasteiger partial charge in [-0.05, 0) is 50.1 Å². The monoisotopic (exact) mass is 532 g/mol. The van der Waals surface area contributed by atoms with E-state index in [0.717, 1.165) is 0 Å². The van der Waals surface area contributed by atoms with Crippen molar-refractivity contribution in [1.82, 2.24) is 0 Å². The molecule has 3 aromatic rings. The van der Waals surface area contributed by atoms with Crippen LogP contribution in [0, 0.1) is 0 Å². The number of benzene rings is 3. The van der Waals surface area contributed by atoms with Crippen molar-refractivity contribution in [1.29, 1.82) is 0 Å². The molecule has 29 heavy (non-hydrogen) atoms. The van der Waals surface area contributed by atoms with Crippen molar-refractivity contribution < 1.29 is 83.6 Å². The number of carbonyl (C=O) groups is 1. The fourth-order valence-electron chi connectivity index (χ4n) is 3.71. The average Bonchev–Trinajstić information content (AvgIpc) is 2.91. The van der Waals surface area contributed by atoms with Crippen molar-refractivity contribution >= 4 is 37.8 Å². The van der Waals surface area contributed by atoms with E-state index in [-0.39, 0.29) is 82.1 Å². The Morgan fingerprint density at radius 3 is 1.86 bits per heavy atom. The van der Waals surface area contributed by atoms with Gasteiger partial charge in [-0.25, -0.2) is 4.79 Å². The predicted octanol–water partition coefficient (Wildman–Crippen LogP) is -2.07. The molecule has 0 bridgehead atoms. The van der Waals surface area contributed by atoms with Crippen LogP contribution < -0.4 is 74.1 Å². The number of rotatable bonds is 0. The van der Waals surface area contributed by atoms with E-state index in [4.69, 9.17) is 9.47 Å². The molecule has 2 heterocycles. The number of fused-ring (bicyclic) bond motifs is 6. The normalized spacial score (nSPS) is 14.5. The maximum atomic E-state index is 12.8. The first-order chi connectivity index (χ1) is 12.9. The van der Waals surface area contributed by atoms with Crippen molar-refractivity contribution in [3.05, 3.63) is 79.7 Å². The second kappa shape index (κ2) is 8.20. The molecule has 0 N–H and O–H groups in total. The largest absolute Gasteiger partial charge is 1.00 e. The van der Waals surface area contributed by atoms with Gasteiger partial charge < -0.3 is 19.7 Å². The van der Waals surface area contributed by atoms with E-state index in [1.165, 1.54) is 24.3 Å². The Balaban J connectivity index is 0.00000120. The first-order valence-corrected chi connectivity index (χ1v) is 9.53. The molecule has 3 aromatic carbocycles. The summed E-state index contributed by atoms with van der Waals surface area (Å²) in [6.07, 6.45) is 0. The molecule has 1 spiro atoms. The van der Waals surface area contributed by atoms with E-state index in [9.17, 15) is 15.0 Å². The van der Waals surface area contributed by atoms with Gasteiger partial charge in [0.2, 0.25) is 0 Å². The Hall–Kier alpha value is -0.510. The van der Waals surface area contributed by atoms with Crippen LogP contribution in [0.3, 0.4) is 0 Å². The minimum Gasteiger partial charge on any atom is -0.872 e. The number of hydrogen-bond acceptors (Lipinski definition) is 5. The zero-order valence-electron chi connectivity index (χ0n) is 15.4. The first kappa shape index (κ1) is 23.2. The van der Waals surface area contributed by atoms with E-state index < -0.39 is 11.6 Å². The molecule has 5 nitrogen and oxygen atoms in total. The van der Waals surface area contributed by atoms with Crippen molar-refractivity contribution in [2.75, 3.05) is 0 Å². The Morgan fingerprint density at radius 1 is 0.793 bits per heavy atom. The molecular weight excluding hydrogens is 526 g/mol. The zero-order chi connectivity index (χ0) is 18.9. The maximum Gasteiger partial charge on any atom is 1.00 e. The fourth-order valence-corrected chi connectivity index (χ4v) is 4.55. The van der Waals surface area contributed by atoms with Gasteiger partial charge in [-0.1, -0.05) is 30.3 Å². The second-order valence-electron chi connectivity index (χ2n) is 6.27. The summed E-state index contributed by atoms with van der Waals surface area (Å²) in [5.41, 5.74) is 0.787. The Morgan fingerprint density at radius 2 is 1.31 bits per heavy atom. The van der Waals surface area contributed by atoms with E-state index in [1.807, 2.05) is 6.07 Å². The summed E-state index contributed by atoms with van der Waals surface area (Å²) in [6, 6.07) is 12.3. The minimum absolute atomic E-state index is 0. The van der Waals surface area contributed by atoms with Crippen LogP contribution in [0.25, 0.3) is 0 Å². The second-order valence-corrected chi connectivity index (χ2v) is 7.92. The third-order valence-corrected chi connectivity index (χ3v) is 6.83. The van der Waals surface area contributed by atoms with Crippen LogP contribution in [0.15, 0.2) is 57.5 Å². The number of carbonyl (C=O) groups excluding carboxylic acids is 1. The summed E-state index contributed by atoms with van der Waals surface area (Å²) in [6.45, 7) is 0. The standard InChI is InChI=1S/C20H10Br2O5.2Na/c21-14-6-5-13-17(18(14)22)19(25)27-20(13)11-3-1-9(23)7-15(11)26-16-8-10(24)2-4-12(16)20;;/h1-8,23-24H;;/q;2*+1/p-2. The van der Waals surface area contributed by atoms with Gasteiger partial charge in [-0.3, -0.25) is 0 Å². The molecule has 0 amide bonds. The van der Waals surface area contributed by atoms with Gasteiger partial charge in [0, 0.05) is 25.6 Å². The van der Waals surface area contributed by atoms with Crippen molar-refractivity contribution in [2.24, 2.45) is 0 Å². The van der Waals surface area contributed by atoms with Crippen LogP contribution in [0.4, 0.5) is 0 Å². The van der Waals surface area contributed by atoms with Crippen LogP contribution >= 0.6 is 31.9 Å². The summed E-state index contributed by atoms with van der Waals surface area (Å²) in [4.78, 5) is 12.8. The van der Waals surface area contributed by atoms with E-state index in [0.29, 0.717) is 31.2 Å². The van der Waals surface area contributed by atoms with E-state index >= 15 is 0 Å². The van der Waals surface area contributed by atoms with Crippen LogP contribution in [0.2, 0.25) is 0 Å². The SMILES string of the molecule is O=C1OC2(c3ccc([O-])cc3Oc3cc([O-])ccc32)c2ccc(Br)c(Br)c21.[Na+].[Na+]. The topological polar surface area (TPSA) is 81.7 Å². The number of esters is 1. The molecule has 2 aliphatic heterocycles. The summed E-state index contributed by atoms with van der Waals surface area (Å²) < 4.78 is 13.1. The third-order valence-electron chi connectivity index (χ3n) is 4.81. The molecule has 0 saturated carbocycles. The van der Waals surface area contributed by atoms with Gasteiger partial charge in [0.1, 0.15) is 11.5 Å². The van der Waals surface area contributed by atoms with Crippen molar-refractivity contribution in [3.63, 3.8) is 0 Å². The zero-order valence-corrected chi connectivity index (χ0v) is 22.6. The summed E-state index contributed by atoms with van der Waals surface area (Å²) in [5.74, 6) is -0.464. The third kappa shape index (κ3) is 3.31. The molecule has 0 unspecified atom stereocenters.